The fourth-order valence-corrected chi connectivity index (χ4v) is 4.46. The van der Waals surface area contributed by atoms with E-state index in [0.29, 0.717) is 18.0 Å². The van der Waals surface area contributed by atoms with Crippen molar-refractivity contribution in [2.45, 2.75) is 18.6 Å². The standard InChI is InChI=1S/C14H20N2O3S2/c1-16(12-6-7-21(18,19)9-12)8-13(17)10-2-4-11(5-3-10)14(15)20/h2-5,12-13,17H,6-9H2,1H3,(H2,15,20). The molecular weight excluding hydrogens is 308 g/mol. The molecule has 0 aromatic heterocycles. The van der Waals surface area contributed by atoms with E-state index in [2.05, 4.69) is 0 Å². The topological polar surface area (TPSA) is 83.6 Å². The number of benzene rings is 1. The van der Waals surface area contributed by atoms with Crippen molar-refractivity contribution in [2.24, 2.45) is 5.73 Å². The number of likely N-dealkylation sites (N-methyl/N-ethyl adjacent to an activating group) is 1. The molecule has 0 aliphatic carbocycles. The Hall–Kier alpha value is -1.02. The van der Waals surface area contributed by atoms with E-state index >= 15 is 0 Å². The highest BCUT2D eigenvalue weighted by atomic mass is 32.2. The lowest BCUT2D eigenvalue weighted by Crippen LogP contribution is -2.35. The van der Waals surface area contributed by atoms with Crippen LogP contribution in [0, 0.1) is 0 Å². The Balaban J connectivity index is 1.97. The zero-order valence-corrected chi connectivity index (χ0v) is 13.5. The van der Waals surface area contributed by atoms with Gasteiger partial charge >= 0.3 is 0 Å². The maximum atomic E-state index is 11.5. The summed E-state index contributed by atoms with van der Waals surface area (Å²) < 4.78 is 23.0. The molecule has 2 atom stereocenters. The van der Waals surface area contributed by atoms with Gasteiger partial charge in [0.05, 0.1) is 17.6 Å². The van der Waals surface area contributed by atoms with Crippen molar-refractivity contribution < 1.29 is 13.5 Å². The van der Waals surface area contributed by atoms with Crippen LogP contribution in [-0.2, 0) is 9.84 Å². The average molecular weight is 328 g/mol. The first kappa shape index (κ1) is 16.4. The minimum atomic E-state index is -2.91. The second kappa shape index (κ2) is 6.39. The normalized spacial score (nSPS) is 22.3. The molecule has 1 saturated heterocycles. The van der Waals surface area contributed by atoms with Crippen molar-refractivity contribution in [3.8, 4) is 0 Å². The summed E-state index contributed by atoms with van der Waals surface area (Å²) in [5, 5.41) is 10.3. The summed E-state index contributed by atoms with van der Waals surface area (Å²) in [4.78, 5) is 2.24. The average Bonchev–Trinajstić information content (AvgIpc) is 2.79. The van der Waals surface area contributed by atoms with Gasteiger partial charge in [0.25, 0.3) is 0 Å². The molecule has 2 unspecified atom stereocenters. The molecule has 1 heterocycles. The summed E-state index contributed by atoms with van der Waals surface area (Å²) in [6, 6.07) is 7.12. The molecule has 5 nitrogen and oxygen atoms in total. The molecular formula is C14H20N2O3S2. The quantitative estimate of drug-likeness (QED) is 0.765. The van der Waals surface area contributed by atoms with E-state index in [1.54, 1.807) is 24.3 Å². The highest BCUT2D eigenvalue weighted by Crippen LogP contribution is 2.20. The van der Waals surface area contributed by atoms with Crippen LogP contribution >= 0.6 is 12.2 Å². The second-order valence-electron chi connectivity index (χ2n) is 5.50. The monoisotopic (exact) mass is 328 g/mol. The second-order valence-corrected chi connectivity index (χ2v) is 8.17. The van der Waals surface area contributed by atoms with Gasteiger partial charge in [-0.05, 0) is 19.0 Å². The Bertz CT molecular complexity index is 614. The van der Waals surface area contributed by atoms with E-state index in [9.17, 15) is 13.5 Å². The van der Waals surface area contributed by atoms with Crippen molar-refractivity contribution >= 4 is 27.0 Å². The highest BCUT2D eigenvalue weighted by molar-refractivity contribution is 7.91. The Kier molecular flexibility index (Phi) is 4.98. The Morgan fingerprint density at radius 3 is 2.57 bits per heavy atom. The first-order chi connectivity index (χ1) is 9.78. The van der Waals surface area contributed by atoms with E-state index in [-0.39, 0.29) is 17.5 Å². The van der Waals surface area contributed by atoms with E-state index < -0.39 is 15.9 Å². The first-order valence-electron chi connectivity index (χ1n) is 6.77. The van der Waals surface area contributed by atoms with Gasteiger partial charge in [-0.3, -0.25) is 4.90 Å². The third-order valence-electron chi connectivity index (χ3n) is 3.87. The van der Waals surface area contributed by atoms with Crippen LogP contribution in [0.1, 0.15) is 23.7 Å². The zero-order valence-electron chi connectivity index (χ0n) is 11.9. The molecule has 0 amide bonds. The van der Waals surface area contributed by atoms with Gasteiger partial charge in [-0.25, -0.2) is 8.42 Å². The summed E-state index contributed by atoms with van der Waals surface area (Å²) in [6.45, 7) is 0.395. The zero-order chi connectivity index (χ0) is 15.6. The summed E-state index contributed by atoms with van der Waals surface area (Å²) in [6.07, 6.45) is -0.0370. The van der Waals surface area contributed by atoms with Crippen molar-refractivity contribution in [3.63, 3.8) is 0 Å². The largest absolute Gasteiger partial charge is 0.389 e. The van der Waals surface area contributed by atoms with Gasteiger partial charge in [0.15, 0.2) is 9.84 Å². The summed E-state index contributed by atoms with van der Waals surface area (Å²) in [5.74, 6) is 0.414. The van der Waals surface area contributed by atoms with Crippen molar-refractivity contribution in [1.29, 1.82) is 0 Å². The van der Waals surface area contributed by atoms with Gasteiger partial charge in [-0.1, -0.05) is 36.5 Å². The molecule has 3 N–H and O–H groups in total. The number of sulfone groups is 1. The molecule has 2 rings (SSSR count). The number of thiocarbonyl (C=S) groups is 1. The van der Waals surface area contributed by atoms with Gasteiger partial charge < -0.3 is 10.8 Å². The van der Waals surface area contributed by atoms with Gasteiger partial charge in [0, 0.05) is 18.2 Å². The summed E-state index contributed by atoms with van der Waals surface area (Å²) >= 11 is 4.89. The predicted molar refractivity (Wildman–Crippen MR) is 87.0 cm³/mol. The lowest BCUT2D eigenvalue weighted by atomic mass is 10.1. The SMILES string of the molecule is CN(CC(O)c1ccc(C(N)=S)cc1)C1CCS(=O)(=O)C1. The van der Waals surface area contributed by atoms with E-state index in [1.165, 1.54) is 0 Å². The van der Waals surface area contributed by atoms with E-state index in [1.807, 2.05) is 11.9 Å². The number of rotatable bonds is 5. The molecule has 0 saturated carbocycles. The third kappa shape index (κ3) is 4.23. The lowest BCUT2D eigenvalue weighted by molar-refractivity contribution is 0.110. The van der Waals surface area contributed by atoms with Crippen LogP contribution in [0.15, 0.2) is 24.3 Å². The number of aliphatic hydroxyl groups is 1. The van der Waals surface area contributed by atoms with Crippen LogP contribution in [0.4, 0.5) is 0 Å². The third-order valence-corrected chi connectivity index (χ3v) is 5.86. The Morgan fingerprint density at radius 1 is 1.48 bits per heavy atom. The molecule has 1 aromatic rings. The van der Waals surface area contributed by atoms with Gasteiger partial charge in [-0.2, -0.15) is 0 Å². The fraction of sp³-hybridized carbons (Fsp3) is 0.500. The van der Waals surface area contributed by atoms with E-state index in [4.69, 9.17) is 18.0 Å². The first-order valence-corrected chi connectivity index (χ1v) is 9.00. The molecule has 0 radical (unpaired) electrons. The van der Waals surface area contributed by atoms with Crippen LogP contribution in [-0.4, -0.2) is 54.6 Å². The van der Waals surface area contributed by atoms with Crippen molar-refractivity contribution in [2.75, 3.05) is 25.1 Å². The van der Waals surface area contributed by atoms with Gasteiger partial charge in [-0.15, -0.1) is 0 Å². The number of hydrogen-bond acceptors (Lipinski definition) is 5. The molecule has 21 heavy (non-hydrogen) atoms. The lowest BCUT2D eigenvalue weighted by Gasteiger charge is -2.25. The number of aliphatic hydroxyl groups excluding tert-OH is 1. The van der Waals surface area contributed by atoms with Gasteiger partial charge in [0.1, 0.15) is 4.99 Å². The molecule has 1 aliphatic rings. The maximum absolute atomic E-state index is 11.5. The van der Waals surface area contributed by atoms with Crippen LogP contribution in [0.3, 0.4) is 0 Å². The predicted octanol–water partition coefficient (Wildman–Crippen LogP) is 0.473. The molecule has 0 bridgehead atoms. The molecule has 116 valence electrons. The van der Waals surface area contributed by atoms with Crippen molar-refractivity contribution in [3.05, 3.63) is 35.4 Å². The van der Waals surface area contributed by atoms with Crippen LogP contribution in [0.5, 0.6) is 0 Å². The molecule has 7 heteroatoms. The number of hydrogen-bond donors (Lipinski definition) is 2. The highest BCUT2D eigenvalue weighted by Gasteiger charge is 2.31. The van der Waals surface area contributed by atoms with E-state index in [0.717, 1.165) is 11.1 Å². The Morgan fingerprint density at radius 2 is 2.10 bits per heavy atom. The molecule has 1 fully saturated rings. The van der Waals surface area contributed by atoms with Crippen LogP contribution in [0.25, 0.3) is 0 Å². The smallest absolute Gasteiger partial charge is 0.151 e. The maximum Gasteiger partial charge on any atom is 0.151 e. The number of nitrogens with two attached hydrogens (primary N) is 1. The molecule has 1 aliphatic heterocycles. The minimum Gasteiger partial charge on any atom is -0.389 e. The number of nitrogens with zero attached hydrogens (tertiary/aromatic N) is 1. The molecule has 0 spiro atoms. The van der Waals surface area contributed by atoms with Crippen LogP contribution < -0.4 is 5.73 Å². The summed E-state index contributed by atoms with van der Waals surface area (Å²) in [7, 11) is -1.06. The Labute approximate surface area is 130 Å². The van der Waals surface area contributed by atoms with Gasteiger partial charge in [0.2, 0.25) is 0 Å². The minimum absolute atomic E-state index is 0.0134. The van der Waals surface area contributed by atoms with Crippen LogP contribution in [0.2, 0.25) is 0 Å². The fourth-order valence-electron chi connectivity index (χ4n) is 2.52. The van der Waals surface area contributed by atoms with Crippen molar-refractivity contribution in [1.82, 2.24) is 4.90 Å². The molecule has 1 aromatic carbocycles. The summed E-state index contributed by atoms with van der Waals surface area (Å²) in [5.41, 5.74) is 7.06.